The second kappa shape index (κ2) is 6.10. The SMILES string of the molecule is ClCC(=Cc1ccccc1)C1CCCCC1. The molecule has 0 nitrogen and oxygen atoms in total. The zero-order valence-corrected chi connectivity index (χ0v) is 10.4. The van der Waals surface area contributed by atoms with Crippen LogP contribution in [-0.2, 0) is 0 Å². The highest BCUT2D eigenvalue weighted by molar-refractivity contribution is 6.19. The first-order chi connectivity index (χ1) is 7.90. The first-order valence-corrected chi connectivity index (χ1v) is 6.75. The Balaban J connectivity index is 2.12. The van der Waals surface area contributed by atoms with Crippen LogP contribution in [-0.4, -0.2) is 5.88 Å². The van der Waals surface area contributed by atoms with Gasteiger partial charge in [-0.15, -0.1) is 11.6 Å². The van der Waals surface area contributed by atoms with E-state index in [0.717, 1.165) is 5.92 Å². The summed E-state index contributed by atoms with van der Waals surface area (Å²) in [7, 11) is 0. The van der Waals surface area contributed by atoms with E-state index < -0.39 is 0 Å². The van der Waals surface area contributed by atoms with Crippen molar-refractivity contribution in [2.75, 3.05) is 5.88 Å². The average Bonchev–Trinajstić information content (AvgIpc) is 2.38. The zero-order valence-electron chi connectivity index (χ0n) is 9.66. The molecule has 0 atom stereocenters. The van der Waals surface area contributed by atoms with Gasteiger partial charge < -0.3 is 0 Å². The van der Waals surface area contributed by atoms with E-state index in [2.05, 4.69) is 36.4 Å². The second-order valence-electron chi connectivity index (χ2n) is 4.60. The standard InChI is InChI=1S/C15H19Cl/c16-12-15(14-9-5-2-6-10-14)11-13-7-3-1-4-8-13/h1,3-4,7-8,11,14H,2,5-6,9-10,12H2. The molecule has 1 fully saturated rings. The highest BCUT2D eigenvalue weighted by Gasteiger charge is 2.16. The van der Waals surface area contributed by atoms with E-state index in [1.807, 2.05) is 0 Å². The third-order valence-corrected chi connectivity index (χ3v) is 3.74. The molecular weight excluding hydrogens is 216 g/mol. The van der Waals surface area contributed by atoms with E-state index in [1.165, 1.54) is 43.2 Å². The largest absolute Gasteiger partial charge is 0.122 e. The van der Waals surface area contributed by atoms with Crippen molar-refractivity contribution in [3.8, 4) is 0 Å². The lowest BCUT2D eigenvalue weighted by molar-refractivity contribution is 0.405. The molecule has 0 aromatic heterocycles. The number of benzene rings is 1. The monoisotopic (exact) mass is 234 g/mol. The molecule has 1 saturated carbocycles. The summed E-state index contributed by atoms with van der Waals surface area (Å²) in [5, 5.41) is 0. The molecule has 0 N–H and O–H groups in total. The molecule has 16 heavy (non-hydrogen) atoms. The molecule has 0 spiro atoms. The van der Waals surface area contributed by atoms with Crippen LogP contribution in [0.2, 0.25) is 0 Å². The highest BCUT2D eigenvalue weighted by Crippen LogP contribution is 2.31. The molecule has 0 aliphatic heterocycles. The normalized spacial score (nSPS) is 18.7. The Bertz CT molecular complexity index is 334. The Hall–Kier alpha value is -0.750. The van der Waals surface area contributed by atoms with Crippen LogP contribution >= 0.6 is 11.6 Å². The fraction of sp³-hybridized carbons (Fsp3) is 0.467. The van der Waals surface area contributed by atoms with E-state index in [-0.39, 0.29) is 0 Å². The summed E-state index contributed by atoms with van der Waals surface area (Å²) in [6.07, 6.45) is 9.07. The van der Waals surface area contributed by atoms with Gasteiger partial charge in [0.2, 0.25) is 0 Å². The third-order valence-electron chi connectivity index (χ3n) is 3.44. The summed E-state index contributed by atoms with van der Waals surface area (Å²) in [6.45, 7) is 0. The van der Waals surface area contributed by atoms with E-state index in [4.69, 9.17) is 11.6 Å². The van der Waals surface area contributed by atoms with Gasteiger partial charge in [0.1, 0.15) is 0 Å². The Morgan fingerprint density at radius 3 is 2.44 bits per heavy atom. The van der Waals surface area contributed by atoms with Crippen molar-refractivity contribution < 1.29 is 0 Å². The van der Waals surface area contributed by atoms with E-state index in [1.54, 1.807) is 0 Å². The van der Waals surface area contributed by atoms with Crippen LogP contribution in [0, 0.1) is 5.92 Å². The van der Waals surface area contributed by atoms with Gasteiger partial charge in [-0.3, -0.25) is 0 Å². The molecule has 0 radical (unpaired) electrons. The Labute approximate surface area is 103 Å². The molecule has 0 amide bonds. The number of hydrogen-bond acceptors (Lipinski definition) is 0. The molecule has 0 saturated heterocycles. The van der Waals surface area contributed by atoms with Crippen LogP contribution in [0.15, 0.2) is 35.9 Å². The minimum Gasteiger partial charge on any atom is -0.122 e. The second-order valence-corrected chi connectivity index (χ2v) is 4.87. The van der Waals surface area contributed by atoms with Gasteiger partial charge in [0.05, 0.1) is 0 Å². The van der Waals surface area contributed by atoms with Crippen molar-refractivity contribution in [3.05, 3.63) is 41.5 Å². The number of rotatable bonds is 3. The lowest BCUT2D eigenvalue weighted by Gasteiger charge is -2.23. The maximum Gasteiger partial charge on any atom is 0.0439 e. The summed E-state index contributed by atoms with van der Waals surface area (Å²) >= 11 is 6.08. The van der Waals surface area contributed by atoms with Gasteiger partial charge in [-0.2, -0.15) is 0 Å². The van der Waals surface area contributed by atoms with Gasteiger partial charge in [-0.05, 0) is 24.3 Å². The smallest absolute Gasteiger partial charge is 0.0439 e. The van der Waals surface area contributed by atoms with Gasteiger partial charge >= 0.3 is 0 Å². The van der Waals surface area contributed by atoms with Gasteiger partial charge in [0.25, 0.3) is 0 Å². The molecule has 2 rings (SSSR count). The zero-order chi connectivity index (χ0) is 11.2. The third kappa shape index (κ3) is 3.12. The molecular formula is C15H19Cl. The summed E-state index contributed by atoms with van der Waals surface area (Å²) in [5.41, 5.74) is 2.70. The van der Waals surface area contributed by atoms with Crippen molar-refractivity contribution in [3.63, 3.8) is 0 Å². The van der Waals surface area contributed by atoms with Gasteiger partial charge in [0, 0.05) is 5.88 Å². The molecule has 0 heterocycles. The van der Waals surface area contributed by atoms with Gasteiger partial charge in [0.15, 0.2) is 0 Å². The summed E-state index contributed by atoms with van der Waals surface area (Å²) in [5.74, 6) is 1.41. The predicted molar refractivity (Wildman–Crippen MR) is 71.7 cm³/mol. The summed E-state index contributed by atoms with van der Waals surface area (Å²) in [4.78, 5) is 0. The lowest BCUT2D eigenvalue weighted by atomic mass is 9.84. The van der Waals surface area contributed by atoms with Crippen LogP contribution in [0.4, 0.5) is 0 Å². The van der Waals surface area contributed by atoms with Crippen LogP contribution < -0.4 is 0 Å². The minimum atomic E-state index is 0.680. The van der Waals surface area contributed by atoms with Gasteiger partial charge in [-0.1, -0.05) is 61.2 Å². The number of allylic oxidation sites excluding steroid dienone is 1. The predicted octanol–water partition coefficient (Wildman–Crippen LogP) is 4.89. The lowest BCUT2D eigenvalue weighted by Crippen LogP contribution is -2.10. The maximum absolute atomic E-state index is 6.08. The summed E-state index contributed by atoms with van der Waals surface area (Å²) < 4.78 is 0. The first kappa shape index (κ1) is 11.7. The molecule has 1 heteroatoms. The van der Waals surface area contributed by atoms with Crippen LogP contribution in [0.5, 0.6) is 0 Å². The van der Waals surface area contributed by atoms with E-state index >= 15 is 0 Å². The number of alkyl halides is 1. The topological polar surface area (TPSA) is 0 Å². The maximum atomic E-state index is 6.08. The minimum absolute atomic E-state index is 0.680. The first-order valence-electron chi connectivity index (χ1n) is 6.21. The quantitative estimate of drug-likeness (QED) is 0.654. The molecule has 0 bridgehead atoms. The molecule has 86 valence electrons. The van der Waals surface area contributed by atoms with Crippen molar-refractivity contribution in [2.45, 2.75) is 32.1 Å². The highest BCUT2D eigenvalue weighted by atomic mass is 35.5. The van der Waals surface area contributed by atoms with Gasteiger partial charge in [-0.25, -0.2) is 0 Å². The fourth-order valence-electron chi connectivity index (χ4n) is 2.50. The van der Waals surface area contributed by atoms with Crippen molar-refractivity contribution in [1.82, 2.24) is 0 Å². The number of hydrogen-bond donors (Lipinski definition) is 0. The van der Waals surface area contributed by atoms with Crippen LogP contribution in [0.3, 0.4) is 0 Å². The molecule has 1 aliphatic carbocycles. The van der Waals surface area contributed by atoms with Crippen LogP contribution in [0.1, 0.15) is 37.7 Å². The van der Waals surface area contributed by atoms with Crippen molar-refractivity contribution in [1.29, 1.82) is 0 Å². The van der Waals surface area contributed by atoms with E-state index in [9.17, 15) is 0 Å². The molecule has 1 aliphatic rings. The average molecular weight is 235 g/mol. The Kier molecular flexibility index (Phi) is 4.47. The van der Waals surface area contributed by atoms with Crippen molar-refractivity contribution in [2.24, 2.45) is 5.92 Å². The number of halogens is 1. The van der Waals surface area contributed by atoms with E-state index in [0.29, 0.717) is 5.88 Å². The Morgan fingerprint density at radius 2 is 1.81 bits per heavy atom. The molecule has 0 unspecified atom stereocenters. The fourth-order valence-corrected chi connectivity index (χ4v) is 2.80. The molecule has 1 aromatic carbocycles. The van der Waals surface area contributed by atoms with Crippen LogP contribution in [0.25, 0.3) is 6.08 Å². The van der Waals surface area contributed by atoms with Crippen molar-refractivity contribution >= 4 is 17.7 Å². The Morgan fingerprint density at radius 1 is 1.12 bits per heavy atom. The molecule has 1 aromatic rings. The summed E-state index contributed by atoms with van der Waals surface area (Å²) in [6, 6.07) is 10.5.